The maximum Gasteiger partial charge on any atom is 0.312 e. The molecule has 1 aliphatic rings. The van der Waals surface area contributed by atoms with Gasteiger partial charge in [0.15, 0.2) is 0 Å². The van der Waals surface area contributed by atoms with Crippen molar-refractivity contribution in [3.63, 3.8) is 0 Å². The van der Waals surface area contributed by atoms with Gasteiger partial charge in [-0.15, -0.1) is 0 Å². The van der Waals surface area contributed by atoms with Crippen LogP contribution in [-0.4, -0.2) is 37.4 Å². The topological polar surface area (TPSA) is 76.4 Å². The van der Waals surface area contributed by atoms with E-state index in [0.29, 0.717) is 12.6 Å². The van der Waals surface area contributed by atoms with Crippen molar-refractivity contribution in [1.82, 2.24) is 10.6 Å². The van der Waals surface area contributed by atoms with Gasteiger partial charge in [-0.2, -0.15) is 0 Å². The molecule has 1 unspecified atom stereocenters. The second kappa shape index (κ2) is 5.32. The lowest BCUT2D eigenvalue weighted by Gasteiger charge is -2.36. The first kappa shape index (κ1) is 12.3. The molecule has 0 aromatic rings. The fourth-order valence-electron chi connectivity index (χ4n) is 1.87. The number of hydrogen-bond donors (Lipinski definition) is 3. The van der Waals surface area contributed by atoms with Gasteiger partial charge in [-0.25, -0.2) is 4.79 Å². The van der Waals surface area contributed by atoms with E-state index in [1.165, 1.54) is 0 Å². The number of rotatable bonds is 4. The third kappa shape index (κ3) is 4.99. The molecule has 0 spiro atoms. The van der Waals surface area contributed by atoms with E-state index in [9.17, 15) is 4.79 Å². The Kier molecular flexibility index (Phi) is 4.35. The van der Waals surface area contributed by atoms with Gasteiger partial charge in [0, 0.05) is 25.7 Å². The van der Waals surface area contributed by atoms with Crippen molar-refractivity contribution in [3.8, 4) is 0 Å². The summed E-state index contributed by atoms with van der Waals surface area (Å²) in [4.78, 5) is 10.4. The summed E-state index contributed by atoms with van der Waals surface area (Å²) < 4.78 is 5.61. The first-order chi connectivity index (χ1) is 6.99. The van der Waals surface area contributed by atoms with Crippen LogP contribution in [-0.2, 0) is 4.74 Å². The molecular formula is C10H21N3O2. The van der Waals surface area contributed by atoms with E-state index in [4.69, 9.17) is 10.5 Å². The minimum atomic E-state index is -0.468. The van der Waals surface area contributed by atoms with Gasteiger partial charge in [0.05, 0.1) is 5.60 Å². The van der Waals surface area contributed by atoms with E-state index in [0.717, 1.165) is 26.0 Å². The minimum Gasteiger partial charge on any atom is -0.375 e. The summed E-state index contributed by atoms with van der Waals surface area (Å²) in [5, 5.41) is 5.93. The summed E-state index contributed by atoms with van der Waals surface area (Å²) in [7, 11) is 0. The van der Waals surface area contributed by atoms with Gasteiger partial charge < -0.3 is 21.1 Å². The summed E-state index contributed by atoms with van der Waals surface area (Å²) in [5.74, 6) is 0. The Morgan fingerprint density at radius 3 is 2.87 bits per heavy atom. The summed E-state index contributed by atoms with van der Waals surface area (Å²) in [5.41, 5.74) is 4.92. The van der Waals surface area contributed by atoms with E-state index in [2.05, 4.69) is 24.5 Å². The van der Waals surface area contributed by atoms with Gasteiger partial charge in [-0.05, 0) is 26.7 Å². The van der Waals surface area contributed by atoms with Gasteiger partial charge in [0.1, 0.15) is 0 Å². The number of primary amides is 1. The summed E-state index contributed by atoms with van der Waals surface area (Å²) >= 11 is 0. The molecule has 0 bridgehead atoms. The molecule has 1 fully saturated rings. The molecule has 1 atom stereocenters. The van der Waals surface area contributed by atoms with Crippen LogP contribution in [0.2, 0.25) is 0 Å². The van der Waals surface area contributed by atoms with Crippen LogP contribution < -0.4 is 16.4 Å². The fraction of sp³-hybridized carbons (Fsp3) is 0.900. The van der Waals surface area contributed by atoms with Crippen LogP contribution in [0.25, 0.3) is 0 Å². The smallest absolute Gasteiger partial charge is 0.312 e. The van der Waals surface area contributed by atoms with Gasteiger partial charge in [-0.1, -0.05) is 0 Å². The molecule has 4 N–H and O–H groups in total. The first-order valence-corrected chi connectivity index (χ1v) is 5.40. The van der Waals surface area contributed by atoms with Crippen molar-refractivity contribution in [1.29, 1.82) is 0 Å². The molecule has 0 aliphatic carbocycles. The molecule has 1 heterocycles. The molecule has 1 aliphatic heterocycles. The number of hydrogen-bond acceptors (Lipinski definition) is 3. The Hall–Kier alpha value is -0.810. The molecular weight excluding hydrogens is 194 g/mol. The van der Waals surface area contributed by atoms with Crippen LogP contribution >= 0.6 is 0 Å². The van der Waals surface area contributed by atoms with Crippen molar-refractivity contribution in [2.45, 2.75) is 38.3 Å². The Labute approximate surface area is 90.7 Å². The fourth-order valence-corrected chi connectivity index (χ4v) is 1.87. The van der Waals surface area contributed by atoms with Crippen LogP contribution in [0.15, 0.2) is 0 Å². The lowest BCUT2D eigenvalue weighted by molar-refractivity contribution is -0.0627. The van der Waals surface area contributed by atoms with E-state index >= 15 is 0 Å². The number of nitrogens with one attached hydrogen (secondary N) is 2. The predicted octanol–water partition coefficient (Wildman–Crippen LogP) is 0.202. The van der Waals surface area contributed by atoms with Gasteiger partial charge >= 0.3 is 6.03 Å². The molecule has 5 nitrogen and oxygen atoms in total. The van der Waals surface area contributed by atoms with Crippen molar-refractivity contribution >= 4 is 6.03 Å². The molecule has 2 amide bonds. The Morgan fingerprint density at radius 2 is 2.27 bits per heavy atom. The predicted molar refractivity (Wildman–Crippen MR) is 58.6 cm³/mol. The lowest BCUT2D eigenvalue weighted by Crippen LogP contribution is -2.46. The number of ether oxygens (including phenoxy) is 1. The van der Waals surface area contributed by atoms with Crippen molar-refractivity contribution in [2.75, 3.05) is 19.7 Å². The van der Waals surface area contributed by atoms with Crippen LogP contribution in [0.1, 0.15) is 26.7 Å². The largest absolute Gasteiger partial charge is 0.375 e. The average molecular weight is 215 g/mol. The Morgan fingerprint density at radius 1 is 1.53 bits per heavy atom. The molecule has 1 rings (SSSR count). The molecule has 0 aromatic heterocycles. The van der Waals surface area contributed by atoms with E-state index in [-0.39, 0.29) is 5.60 Å². The van der Waals surface area contributed by atoms with Gasteiger partial charge in [0.2, 0.25) is 0 Å². The maximum absolute atomic E-state index is 10.4. The van der Waals surface area contributed by atoms with Crippen LogP contribution in [0, 0.1) is 0 Å². The van der Waals surface area contributed by atoms with Crippen molar-refractivity contribution in [3.05, 3.63) is 0 Å². The van der Waals surface area contributed by atoms with E-state index in [1.807, 2.05) is 0 Å². The highest BCUT2D eigenvalue weighted by Gasteiger charge is 2.28. The summed E-state index contributed by atoms with van der Waals surface area (Å²) in [6, 6.07) is 0.00698. The van der Waals surface area contributed by atoms with Crippen LogP contribution in [0.5, 0.6) is 0 Å². The standard InChI is InChI=1S/C10H21N3O2/c1-10(2)7-8(3-6-15-10)12-4-5-13-9(11)14/h8,12H,3-7H2,1-2H3,(H3,11,13,14). The summed E-state index contributed by atoms with van der Waals surface area (Å²) in [6.07, 6.45) is 2.03. The molecule has 88 valence electrons. The van der Waals surface area contributed by atoms with Crippen LogP contribution in [0.3, 0.4) is 0 Å². The van der Waals surface area contributed by atoms with Crippen molar-refractivity contribution < 1.29 is 9.53 Å². The maximum atomic E-state index is 10.4. The summed E-state index contributed by atoms with van der Waals surface area (Å²) in [6.45, 7) is 6.33. The highest BCUT2D eigenvalue weighted by molar-refractivity contribution is 5.71. The lowest BCUT2D eigenvalue weighted by atomic mass is 9.94. The van der Waals surface area contributed by atoms with Crippen LogP contribution in [0.4, 0.5) is 4.79 Å². The minimum absolute atomic E-state index is 0.0347. The van der Waals surface area contributed by atoms with Crippen molar-refractivity contribution in [2.24, 2.45) is 5.73 Å². The zero-order chi connectivity index (χ0) is 11.3. The molecule has 1 saturated heterocycles. The molecule has 5 heteroatoms. The monoisotopic (exact) mass is 215 g/mol. The average Bonchev–Trinajstić information content (AvgIpc) is 2.10. The zero-order valence-corrected chi connectivity index (χ0v) is 9.51. The quantitative estimate of drug-likeness (QED) is 0.586. The highest BCUT2D eigenvalue weighted by Crippen LogP contribution is 2.23. The molecule has 0 saturated carbocycles. The highest BCUT2D eigenvalue weighted by atomic mass is 16.5. The van der Waals surface area contributed by atoms with Gasteiger partial charge in [0.25, 0.3) is 0 Å². The SMILES string of the molecule is CC1(C)CC(NCCNC(N)=O)CCO1. The third-order valence-corrected chi connectivity index (χ3v) is 2.55. The van der Waals surface area contributed by atoms with E-state index < -0.39 is 6.03 Å². The number of carbonyl (C=O) groups excluding carboxylic acids is 1. The van der Waals surface area contributed by atoms with Gasteiger partial charge in [-0.3, -0.25) is 0 Å². The zero-order valence-electron chi connectivity index (χ0n) is 9.51. The number of nitrogens with two attached hydrogens (primary N) is 1. The number of urea groups is 1. The second-order valence-electron chi connectivity index (χ2n) is 4.54. The second-order valence-corrected chi connectivity index (χ2v) is 4.54. The first-order valence-electron chi connectivity index (χ1n) is 5.40. The molecule has 15 heavy (non-hydrogen) atoms. The Balaban J connectivity index is 2.13. The normalized spacial score (nSPS) is 24.8. The third-order valence-electron chi connectivity index (χ3n) is 2.55. The Bertz CT molecular complexity index is 219. The number of amides is 2. The molecule has 0 radical (unpaired) electrons. The molecule has 0 aromatic carbocycles. The van der Waals surface area contributed by atoms with E-state index in [1.54, 1.807) is 0 Å². The number of carbonyl (C=O) groups is 1.